The van der Waals surface area contributed by atoms with E-state index in [9.17, 15) is 9.59 Å². The van der Waals surface area contributed by atoms with Crippen molar-refractivity contribution in [3.63, 3.8) is 0 Å². The Morgan fingerprint density at radius 2 is 1.62 bits per heavy atom. The monoisotopic (exact) mass is 219 g/mol. The number of hydrogen-bond donors (Lipinski definition) is 1. The third-order valence-corrected chi connectivity index (χ3v) is 2.21. The van der Waals surface area contributed by atoms with Gasteiger partial charge in [0.25, 0.3) is 5.91 Å². The molecule has 0 atom stereocenters. The second kappa shape index (κ2) is 5.45. The minimum atomic E-state index is -0.106. The van der Waals surface area contributed by atoms with Gasteiger partial charge in [-0.1, -0.05) is 19.1 Å². The van der Waals surface area contributed by atoms with E-state index in [0.717, 1.165) is 0 Å². The SMILES string of the molecule is CCC(=O)c1ccc(C(=O)NC(C)C)cc1. The first kappa shape index (κ1) is 12.4. The predicted octanol–water partition coefficient (Wildman–Crippen LogP) is 2.42. The topological polar surface area (TPSA) is 46.2 Å². The van der Waals surface area contributed by atoms with Crippen LogP contribution in [0.3, 0.4) is 0 Å². The molecule has 1 amide bonds. The van der Waals surface area contributed by atoms with Crippen molar-refractivity contribution in [3.8, 4) is 0 Å². The molecule has 0 heterocycles. The molecule has 3 nitrogen and oxygen atoms in total. The number of carbonyl (C=O) groups is 2. The maximum Gasteiger partial charge on any atom is 0.251 e. The van der Waals surface area contributed by atoms with Gasteiger partial charge in [-0.25, -0.2) is 0 Å². The first-order chi connectivity index (χ1) is 7.54. The van der Waals surface area contributed by atoms with Crippen LogP contribution in [0.15, 0.2) is 24.3 Å². The maximum absolute atomic E-state index is 11.6. The maximum atomic E-state index is 11.6. The van der Waals surface area contributed by atoms with Gasteiger partial charge in [0, 0.05) is 23.6 Å². The van der Waals surface area contributed by atoms with Crippen LogP contribution < -0.4 is 5.32 Å². The molecule has 3 heteroatoms. The molecule has 0 aliphatic rings. The number of carbonyl (C=O) groups excluding carboxylic acids is 2. The van der Waals surface area contributed by atoms with Crippen LogP contribution in [0.1, 0.15) is 47.9 Å². The highest BCUT2D eigenvalue weighted by Gasteiger charge is 2.08. The summed E-state index contributed by atoms with van der Waals surface area (Å²) in [7, 11) is 0. The second-order valence-electron chi connectivity index (χ2n) is 3.98. The third kappa shape index (κ3) is 3.19. The quantitative estimate of drug-likeness (QED) is 0.790. The van der Waals surface area contributed by atoms with Crippen LogP contribution in [0.5, 0.6) is 0 Å². The fraction of sp³-hybridized carbons (Fsp3) is 0.385. The van der Waals surface area contributed by atoms with E-state index in [1.165, 1.54) is 0 Å². The highest BCUT2D eigenvalue weighted by molar-refractivity contribution is 5.98. The van der Waals surface area contributed by atoms with Crippen LogP contribution in [-0.2, 0) is 0 Å². The summed E-state index contributed by atoms with van der Waals surface area (Å²) in [5.41, 5.74) is 1.24. The van der Waals surface area contributed by atoms with Crippen LogP contribution in [0.2, 0.25) is 0 Å². The van der Waals surface area contributed by atoms with Gasteiger partial charge in [0.05, 0.1) is 0 Å². The first-order valence-corrected chi connectivity index (χ1v) is 5.48. The summed E-state index contributed by atoms with van der Waals surface area (Å²) >= 11 is 0. The Hall–Kier alpha value is -1.64. The molecular weight excluding hydrogens is 202 g/mol. The highest BCUT2D eigenvalue weighted by Crippen LogP contribution is 2.07. The van der Waals surface area contributed by atoms with E-state index >= 15 is 0 Å². The summed E-state index contributed by atoms with van der Waals surface area (Å²) in [5, 5.41) is 2.80. The number of amides is 1. The summed E-state index contributed by atoms with van der Waals surface area (Å²) in [6.07, 6.45) is 0.484. The molecule has 0 aliphatic carbocycles. The molecule has 0 bridgehead atoms. The molecule has 0 radical (unpaired) electrons. The zero-order chi connectivity index (χ0) is 12.1. The van der Waals surface area contributed by atoms with Crippen molar-refractivity contribution < 1.29 is 9.59 Å². The van der Waals surface area contributed by atoms with Crippen molar-refractivity contribution in [1.82, 2.24) is 5.32 Å². The zero-order valence-electron chi connectivity index (χ0n) is 9.91. The lowest BCUT2D eigenvalue weighted by atomic mass is 10.1. The molecular formula is C13H17NO2. The van der Waals surface area contributed by atoms with Gasteiger partial charge in [-0.3, -0.25) is 9.59 Å². The number of rotatable bonds is 4. The molecule has 1 N–H and O–H groups in total. The average Bonchev–Trinajstić information content (AvgIpc) is 2.27. The molecule has 0 aromatic heterocycles. The molecule has 0 saturated heterocycles. The van der Waals surface area contributed by atoms with Crippen molar-refractivity contribution in [2.24, 2.45) is 0 Å². The van der Waals surface area contributed by atoms with Crippen molar-refractivity contribution in [1.29, 1.82) is 0 Å². The van der Waals surface area contributed by atoms with E-state index in [-0.39, 0.29) is 17.7 Å². The van der Waals surface area contributed by atoms with E-state index in [0.29, 0.717) is 17.5 Å². The van der Waals surface area contributed by atoms with Crippen LogP contribution in [0.4, 0.5) is 0 Å². The Bertz CT molecular complexity index is 379. The van der Waals surface area contributed by atoms with Crippen molar-refractivity contribution in [2.45, 2.75) is 33.2 Å². The molecule has 1 aromatic carbocycles. The van der Waals surface area contributed by atoms with Crippen molar-refractivity contribution in [2.75, 3.05) is 0 Å². The number of Topliss-reactive ketones (excluding diaryl/α,β-unsaturated/α-hetero) is 1. The van der Waals surface area contributed by atoms with Gasteiger partial charge in [0.2, 0.25) is 0 Å². The van der Waals surface area contributed by atoms with Gasteiger partial charge < -0.3 is 5.32 Å². The summed E-state index contributed by atoms with van der Waals surface area (Å²) in [6, 6.07) is 6.87. The molecule has 0 aliphatic heterocycles. The minimum Gasteiger partial charge on any atom is -0.350 e. The first-order valence-electron chi connectivity index (χ1n) is 5.48. The van der Waals surface area contributed by atoms with Gasteiger partial charge in [-0.05, 0) is 26.0 Å². The summed E-state index contributed by atoms with van der Waals surface area (Å²) in [6.45, 7) is 5.64. The number of hydrogen-bond acceptors (Lipinski definition) is 2. The third-order valence-electron chi connectivity index (χ3n) is 2.21. The minimum absolute atomic E-state index is 0.0933. The molecule has 1 aromatic rings. The van der Waals surface area contributed by atoms with Crippen LogP contribution in [0, 0.1) is 0 Å². The fourth-order valence-electron chi connectivity index (χ4n) is 1.36. The Morgan fingerprint density at radius 1 is 1.12 bits per heavy atom. The Labute approximate surface area is 95.9 Å². The lowest BCUT2D eigenvalue weighted by Gasteiger charge is -2.08. The Kier molecular flexibility index (Phi) is 4.23. The molecule has 0 fully saturated rings. The van der Waals surface area contributed by atoms with E-state index in [1.807, 2.05) is 20.8 Å². The zero-order valence-corrected chi connectivity index (χ0v) is 9.91. The summed E-state index contributed by atoms with van der Waals surface area (Å²) in [5.74, 6) is -0.0127. The van der Waals surface area contributed by atoms with Gasteiger partial charge in [-0.2, -0.15) is 0 Å². The highest BCUT2D eigenvalue weighted by atomic mass is 16.1. The van der Waals surface area contributed by atoms with Gasteiger partial charge >= 0.3 is 0 Å². The molecule has 16 heavy (non-hydrogen) atoms. The van der Waals surface area contributed by atoms with E-state index in [4.69, 9.17) is 0 Å². The van der Waals surface area contributed by atoms with Crippen LogP contribution in [0.25, 0.3) is 0 Å². The lowest BCUT2D eigenvalue weighted by Crippen LogP contribution is -2.30. The Balaban J connectivity index is 2.78. The Morgan fingerprint density at radius 3 is 2.06 bits per heavy atom. The summed E-state index contributed by atoms with van der Waals surface area (Å²) in [4.78, 5) is 23.0. The number of benzene rings is 1. The van der Waals surface area contributed by atoms with E-state index < -0.39 is 0 Å². The lowest BCUT2D eigenvalue weighted by molar-refractivity contribution is 0.0940. The largest absolute Gasteiger partial charge is 0.350 e. The van der Waals surface area contributed by atoms with E-state index in [1.54, 1.807) is 24.3 Å². The smallest absolute Gasteiger partial charge is 0.251 e. The normalized spacial score (nSPS) is 10.2. The summed E-state index contributed by atoms with van der Waals surface area (Å²) < 4.78 is 0. The fourth-order valence-corrected chi connectivity index (χ4v) is 1.36. The average molecular weight is 219 g/mol. The number of ketones is 1. The van der Waals surface area contributed by atoms with Gasteiger partial charge in [-0.15, -0.1) is 0 Å². The number of nitrogens with one attached hydrogen (secondary N) is 1. The van der Waals surface area contributed by atoms with E-state index in [2.05, 4.69) is 5.32 Å². The van der Waals surface area contributed by atoms with Gasteiger partial charge in [0.1, 0.15) is 0 Å². The van der Waals surface area contributed by atoms with Crippen LogP contribution in [-0.4, -0.2) is 17.7 Å². The molecule has 86 valence electrons. The standard InChI is InChI=1S/C13H17NO2/c1-4-12(15)10-5-7-11(8-6-10)13(16)14-9(2)3/h5-9H,4H2,1-3H3,(H,14,16). The van der Waals surface area contributed by atoms with Crippen molar-refractivity contribution in [3.05, 3.63) is 35.4 Å². The predicted molar refractivity (Wildman–Crippen MR) is 63.7 cm³/mol. The van der Waals surface area contributed by atoms with Crippen LogP contribution >= 0.6 is 0 Å². The molecule has 0 spiro atoms. The molecule has 1 rings (SSSR count). The van der Waals surface area contributed by atoms with Gasteiger partial charge in [0.15, 0.2) is 5.78 Å². The second-order valence-corrected chi connectivity index (χ2v) is 3.98. The molecule has 0 unspecified atom stereocenters. The molecule has 0 saturated carbocycles. The van der Waals surface area contributed by atoms with Crippen molar-refractivity contribution >= 4 is 11.7 Å².